The molecule has 1 atom stereocenters. The van der Waals surface area contributed by atoms with Gasteiger partial charge in [0.15, 0.2) is 0 Å². The molecule has 1 heterocycles. The highest BCUT2D eigenvalue weighted by molar-refractivity contribution is 5.81. The molecular formula is C19H26N2O. The smallest absolute Gasteiger partial charge is 0.239 e. The lowest BCUT2D eigenvalue weighted by Crippen LogP contribution is -2.49. The van der Waals surface area contributed by atoms with Crippen LogP contribution in [0.5, 0.6) is 0 Å². The summed E-state index contributed by atoms with van der Waals surface area (Å²) in [5.74, 6) is 2.87. The molecule has 1 saturated heterocycles. The quantitative estimate of drug-likeness (QED) is 0.780. The summed E-state index contributed by atoms with van der Waals surface area (Å²) in [5, 5.41) is 0. The van der Waals surface area contributed by atoms with Crippen molar-refractivity contribution in [2.45, 2.75) is 45.2 Å². The molecule has 1 aromatic carbocycles. The van der Waals surface area contributed by atoms with Crippen LogP contribution >= 0.6 is 0 Å². The van der Waals surface area contributed by atoms with E-state index < -0.39 is 0 Å². The average Bonchev–Trinajstić information content (AvgIpc) is 2.55. The molecule has 1 fully saturated rings. The van der Waals surface area contributed by atoms with Crippen LogP contribution in [0.25, 0.3) is 0 Å². The molecule has 0 bridgehead atoms. The molecule has 0 aromatic heterocycles. The number of likely N-dealkylation sites (tertiary alicyclic amines) is 1. The SMILES string of the molecule is C#CCN1CCCCC1C(=O)N(C)Cc1ccc(CC)cc1. The number of terminal acetylenes is 1. The van der Waals surface area contributed by atoms with Crippen molar-refractivity contribution in [3.05, 3.63) is 35.4 Å². The molecule has 0 saturated carbocycles. The third-order valence-electron chi connectivity index (χ3n) is 4.42. The summed E-state index contributed by atoms with van der Waals surface area (Å²) in [6.45, 7) is 4.30. The summed E-state index contributed by atoms with van der Waals surface area (Å²) in [7, 11) is 1.89. The third kappa shape index (κ3) is 4.11. The number of likely N-dealkylation sites (N-methyl/N-ethyl adjacent to an activating group) is 1. The Kier molecular flexibility index (Phi) is 6.03. The van der Waals surface area contributed by atoms with Gasteiger partial charge >= 0.3 is 0 Å². The number of hydrogen-bond donors (Lipinski definition) is 0. The van der Waals surface area contributed by atoms with E-state index in [2.05, 4.69) is 42.0 Å². The van der Waals surface area contributed by atoms with E-state index in [4.69, 9.17) is 6.42 Å². The van der Waals surface area contributed by atoms with E-state index in [1.54, 1.807) is 0 Å². The zero-order valence-electron chi connectivity index (χ0n) is 13.7. The molecule has 118 valence electrons. The highest BCUT2D eigenvalue weighted by Crippen LogP contribution is 2.19. The van der Waals surface area contributed by atoms with Gasteiger partial charge in [-0.05, 0) is 36.9 Å². The van der Waals surface area contributed by atoms with Gasteiger partial charge in [0.2, 0.25) is 5.91 Å². The number of rotatable bonds is 5. The van der Waals surface area contributed by atoms with Gasteiger partial charge in [-0.1, -0.05) is 43.5 Å². The molecule has 1 unspecified atom stereocenters. The molecule has 1 aromatic rings. The lowest BCUT2D eigenvalue weighted by atomic mass is 10.0. The van der Waals surface area contributed by atoms with Crippen LogP contribution in [0, 0.1) is 12.3 Å². The Balaban J connectivity index is 1.99. The van der Waals surface area contributed by atoms with Gasteiger partial charge in [0.05, 0.1) is 12.6 Å². The minimum atomic E-state index is -0.0512. The van der Waals surface area contributed by atoms with Gasteiger partial charge in [-0.15, -0.1) is 6.42 Å². The minimum Gasteiger partial charge on any atom is -0.340 e. The second-order valence-corrected chi connectivity index (χ2v) is 6.05. The van der Waals surface area contributed by atoms with E-state index in [9.17, 15) is 4.79 Å². The molecule has 1 aliphatic heterocycles. The van der Waals surface area contributed by atoms with E-state index in [1.807, 2.05) is 11.9 Å². The van der Waals surface area contributed by atoms with Gasteiger partial charge in [-0.2, -0.15) is 0 Å². The minimum absolute atomic E-state index is 0.0512. The highest BCUT2D eigenvalue weighted by Gasteiger charge is 2.30. The zero-order chi connectivity index (χ0) is 15.9. The normalized spacial score (nSPS) is 18.7. The van der Waals surface area contributed by atoms with Crippen LogP contribution in [-0.2, 0) is 17.8 Å². The standard InChI is InChI=1S/C19H26N2O/c1-4-13-21-14-7-6-8-18(21)19(22)20(3)15-17-11-9-16(5-2)10-12-17/h1,9-12,18H,5-8,13-15H2,2-3H3. The molecule has 0 radical (unpaired) electrons. The Morgan fingerprint density at radius 2 is 2.00 bits per heavy atom. The van der Waals surface area contributed by atoms with E-state index in [1.165, 1.54) is 11.1 Å². The molecule has 1 amide bonds. The first-order chi connectivity index (χ1) is 10.7. The van der Waals surface area contributed by atoms with E-state index in [0.29, 0.717) is 13.1 Å². The second kappa shape index (κ2) is 8.00. The third-order valence-corrected chi connectivity index (χ3v) is 4.42. The molecular weight excluding hydrogens is 272 g/mol. The van der Waals surface area contributed by atoms with Gasteiger partial charge in [-0.25, -0.2) is 0 Å². The number of carbonyl (C=O) groups excluding carboxylic acids is 1. The molecule has 22 heavy (non-hydrogen) atoms. The van der Waals surface area contributed by atoms with Crippen LogP contribution in [0.2, 0.25) is 0 Å². The maximum absolute atomic E-state index is 12.7. The van der Waals surface area contributed by atoms with Crippen molar-refractivity contribution in [2.75, 3.05) is 20.1 Å². The Bertz CT molecular complexity index is 529. The van der Waals surface area contributed by atoms with Crippen LogP contribution in [0.1, 0.15) is 37.3 Å². The predicted octanol–water partition coefficient (Wildman–Crippen LogP) is 2.70. The Morgan fingerprint density at radius 3 is 2.64 bits per heavy atom. The van der Waals surface area contributed by atoms with Crippen LogP contribution in [0.3, 0.4) is 0 Å². The van der Waals surface area contributed by atoms with Gasteiger partial charge in [0.1, 0.15) is 0 Å². The van der Waals surface area contributed by atoms with Crippen LogP contribution in [0.4, 0.5) is 0 Å². The Morgan fingerprint density at radius 1 is 1.32 bits per heavy atom. The first kappa shape index (κ1) is 16.6. The van der Waals surface area contributed by atoms with Crippen LogP contribution < -0.4 is 0 Å². The molecule has 1 aliphatic rings. The monoisotopic (exact) mass is 298 g/mol. The Labute approximate surface area is 134 Å². The number of carbonyl (C=O) groups is 1. The summed E-state index contributed by atoms with van der Waals surface area (Å²) in [5.41, 5.74) is 2.50. The lowest BCUT2D eigenvalue weighted by Gasteiger charge is -2.35. The summed E-state index contributed by atoms with van der Waals surface area (Å²) in [6, 6.07) is 8.45. The first-order valence-corrected chi connectivity index (χ1v) is 8.16. The number of aryl methyl sites for hydroxylation is 1. The number of amides is 1. The van der Waals surface area contributed by atoms with Crippen LogP contribution in [0.15, 0.2) is 24.3 Å². The van der Waals surface area contributed by atoms with Gasteiger partial charge < -0.3 is 4.90 Å². The molecule has 3 heteroatoms. The molecule has 3 nitrogen and oxygen atoms in total. The topological polar surface area (TPSA) is 23.6 Å². The summed E-state index contributed by atoms with van der Waals surface area (Å²) in [6.07, 6.45) is 9.63. The predicted molar refractivity (Wildman–Crippen MR) is 90.3 cm³/mol. The summed E-state index contributed by atoms with van der Waals surface area (Å²) >= 11 is 0. The fourth-order valence-electron chi connectivity index (χ4n) is 3.06. The average molecular weight is 298 g/mol. The maximum Gasteiger partial charge on any atom is 0.239 e. The first-order valence-electron chi connectivity index (χ1n) is 8.16. The van der Waals surface area contributed by atoms with Gasteiger partial charge in [0.25, 0.3) is 0 Å². The van der Waals surface area contributed by atoms with Crippen molar-refractivity contribution in [2.24, 2.45) is 0 Å². The lowest BCUT2D eigenvalue weighted by molar-refractivity contribution is -0.137. The number of nitrogens with zero attached hydrogens (tertiary/aromatic N) is 2. The van der Waals surface area contributed by atoms with Gasteiger partial charge in [-0.3, -0.25) is 9.69 Å². The van der Waals surface area contributed by atoms with Crippen molar-refractivity contribution in [1.29, 1.82) is 0 Å². The summed E-state index contributed by atoms with van der Waals surface area (Å²) < 4.78 is 0. The van der Waals surface area contributed by atoms with Crippen LogP contribution in [-0.4, -0.2) is 41.9 Å². The number of piperidine rings is 1. The molecule has 0 spiro atoms. The van der Waals surface area contributed by atoms with Crippen molar-refractivity contribution in [3.63, 3.8) is 0 Å². The number of benzene rings is 1. The fraction of sp³-hybridized carbons (Fsp3) is 0.526. The molecule has 2 rings (SSSR count). The Hall–Kier alpha value is -1.79. The van der Waals surface area contributed by atoms with Crippen molar-refractivity contribution >= 4 is 5.91 Å². The zero-order valence-corrected chi connectivity index (χ0v) is 13.7. The maximum atomic E-state index is 12.7. The van der Waals surface area contributed by atoms with E-state index in [0.717, 1.165) is 32.2 Å². The fourth-order valence-corrected chi connectivity index (χ4v) is 3.06. The van der Waals surface area contributed by atoms with Crippen molar-refractivity contribution in [1.82, 2.24) is 9.80 Å². The molecule has 0 aliphatic carbocycles. The second-order valence-electron chi connectivity index (χ2n) is 6.05. The molecule has 0 N–H and O–H groups in total. The van der Waals surface area contributed by atoms with Crippen molar-refractivity contribution < 1.29 is 4.79 Å². The summed E-state index contributed by atoms with van der Waals surface area (Å²) in [4.78, 5) is 16.7. The van der Waals surface area contributed by atoms with E-state index >= 15 is 0 Å². The highest BCUT2D eigenvalue weighted by atomic mass is 16.2. The van der Waals surface area contributed by atoms with Crippen molar-refractivity contribution in [3.8, 4) is 12.3 Å². The number of hydrogen-bond acceptors (Lipinski definition) is 2. The van der Waals surface area contributed by atoms with Gasteiger partial charge in [0, 0.05) is 13.6 Å². The van der Waals surface area contributed by atoms with E-state index in [-0.39, 0.29) is 11.9 Å². The largest absolute Gasteiger partial charge is 0.340 e.